The number of rotatable bonds is 17. The SMILES string of the molecule is C=C1CC(C)CC(CC)(NC(=O)NCCCCCCCCCCCC(=O)OCCCC)C1. The maximum absolute atomic E-state index is 12.4. The molecule has 5 heteroatoms. The number of unbranched alkanes of at least 4 members (excludes halogenated alkanes) is 9. The number of esters is 1. The van der Waals surface area contributed by atoms with E-state index in [0.29, 0.717) is 18.9 Å². The summed E-state index contributed by atoms with van der Waals surface area (Å²) in [5.74, 6) is 0.549. The number of carbonyl (C=O) groups is 2. The van der Waals surface area contributed by atoms with Crippen LogP contribution in [-0.2, 0) is 9.53 Å². The number of amides is 2. The Hall–Kier alpha value is -1.52. The number of urea groups is 1. The van der Waals surface area contributed by atoms with Gasteiger partial charge in [-0.05, 0) is 50.9 Å². The van der Waals surface area contributed by atoms with Gasteiger partial charge >= 0.3 is 12.0 Å². The average molecular weight is 451 g/mol. The minimum absolute atomic E-state index is 0.0250. The Morgan fingerprint density at radius 1 is 1.00 bits per heavy atom. The third kappa shape index (κ3) is 13.1. The van der Waals surface area contributed by atoms with E-state index in [9.17, 15) is 9.59 Å². The maximum Gasteiger partial charge on any atom is 0.315 e. The van der Waals surface area contributed by atoms with Crippen LogP contribution in [0.2, 0.25) is 0 Å². The number of carbonyl (C=O) groups excluding carboxylic acids is 2. The molecule has 0 bridgehead atoms. The van der Waals surface area contributed by atoms with Crippen molar-refractivity contribution >= 4 is 12.0 Å². The van der Waals surface area contributed by atoms with Crippen LogP contribution in [0.1, 0.15) is 124 Å². The zero-order valence-corrected chi connectivity index (χ0v) is 21.2. The summed E-state index contributed by atoms with van der Waals surface area (Å²) in [5, 5.41) is 6.31. The van der Waals surface area contributed by atoms with Gasteiger partial charge in [0.2, 0.25) is 0 Å². The number of hydrogen-bond acceptors (Lipinski definition) is 3. The van der Waals surface area contributed by atoms with Crippen LogP contribution in [0, 0.1) is 5.92 Å². The molecule has 2 N–H and O–H groups in total. The smallest absolute Gasteiger partial charge is 0.315 e. The third-order valence-electron chi connectivity index (χ3n) is 6.62. The molecule has 0 aromatic heterocycles. The Bertz CT molecular complexity index is 549. The molecule has 0 aliphatic heterocycles. The lowest BCUT2D eigenvalue weighted by molar-refractivity contribution is -0.143. The Morgan fingerprint density at radius 2 is 1.62 bits per heavy atom. The first-order valence-electron chi connectivity index (χ1n) is 13.3. The van der Waals surface area contributed by atoms with E-state index in [-0.39, 0.29) is 17.5 Å². The molecule has 2 unspecified atom stereocenters. The highest BCUT2D eigenvalue weighted by atomic mass is 16.5. The second-order valence-electron chi connectivity index (χ2n) is 9.96. The Kier molecular flexibility index (Phi) is 15.2. The van der Waals surface area contributed by atoms with Crippen molar-refractivity contribution in [2.45, 2.75) is 129 Å². The van der Waals surface area contributed by atoms with E-state index in [1.807, 2.05) is 0 Å². The summed E-state index contributed by atoms with van der Waals surface area (Å²) in [7, 11) is 0. The van der Waals surface area contributed by atoms with E-state index in [2.05, 4.69) is 38.0 Å². The largest absolute Gasteiger partial charge is 0.466 e. The molecular weight excluding hydrogens is 400 g/mol. The summed E-state index contributed by atoms with van der Waals surface area (Å²) in [6.07, 6.45) is 17.0. The van der Waals surface area contributed by atoms with E-state index in [4.69, 9.17) is 4.74 Å². The molecule has 0 radical (unpaired) electrons. The third-order valence-corrected chi connectivity index (χ3v) is 6.62. The second-order valence-corrected chi connectivity index (χ2v) is 9.96. The van der Waals surface area contributed by atoms with E-state index >= 15 is 0 Å². The van der Waals surface area contributed by atoms with Crippen LogP contribution in [0.3, 0.4) is 0 Å². The number of hydrogen-bond donors (Lipinski definition) is 2. The van der Waals surface area contributed by atoms with Gasteiger partial charge in [-0.1, -0.05) is 84.3 Å². The quantitative estimate of drug-likeness (QED) is 0.142. The first-order valence-corrected chi connectivity index (χ1v) is 13.3. The van der Waals surface area contributed by atoms with Gasteiger partial charge in [0.15, 0.2) is 0 Å². The lowest BCUT2D eigenvalue weighted by Gasteiger charge is -2.41. The molecule has 2 atom stereocenters. The molecule has 2 amide bonds. The van der Waals surface area contributed by atoms with Crippen molar-refractivity contribution in [3.63, 3.8) is 0 Å². The standard InChI is InChI=1S/C27H50N2O3/c1-5-7-19-32-25(30)17-15-13-11-9-8-10-12-14-16-18-28-26(31)29-27(6-2)21-23(3)20-24(4)22-27/h24H,3,5-22H2,1-2,4H3,(H2,28,29,31). The van der Waals surface area contributed by atoms with Gasteiger partial charge in [-0.3, -0.25) is 4.79 Å². The van der Waals surface area contributed by atoms with Gasteiger partial charge in [-0.15, -0.1) is 0 Å². The zero-order valence-electron chi connectivity index (χ0n) is 21.2. The van der Waals surface area contributed by atoms with Crippen molar-refractivity contribution in [1.82, 2.24) is 10.6 Å². The number of ether oxygens (including phenoxy) is 1. The van der Waals surface area contributed by atoms with Crippen LogP contribution in [0.15, 0.2) is 12.2 Å². The predicted molar refractivity (Wildman–Crippen MR) is 134 cm³/mol. The minimum Gasteiger partial charge on any atom is -0.466 e. The summed E-state index contributed by atoms with van der Waals surface area (Å²) >= 11 is 0. The second kappa shape index (κ2) is 17.0. The fourth-order valence-electron chi connectivity index (χ4n) is 4.83. The molecule has 0 aromatic carbocycles. The maximum atomic E-state index is 12.4. The molecule has 0 aromatic rings. The zero-order chi connectivity index (χ0) is 23.7. The fraction of sp³-hybridized carbons (Fsp3) is 0.852. The van der Waals surface area contributed by atoms with Crippen LogP contribution in [-0.4, -0.2) is 30.7 Å². The molecule has 1 aliphatic carbocycles. The molecule has 186 valence electrons. The summed E-state index contributed by atoms with van der Waals surface area (Å²) < 4.78 is 5.17. The van der Waals surface area contributed by atoms with Gasteiger partial charge in [0.1, 0.15) is 0 Å². The predicted octanol–water partition coefficient (Wildman–Crippen LogP) is 7.05. The molecule has 1 fully saturated rings. The van der Waals surface area contributed by atoms with Gasteiger partial charge < -0.3 is 15.4 Å². The molecule has 5 nitrogen and oxygen atoms in total. The molecule has 32 heavy (non-hydrogen) atoms. The van der Waals surface area contributed by atoms with E-state index in [1.165, 1.54) is 37.7 Å². The summed E-state index contributed by atoms with van der Waals surface area (Å²) in [6.45, 7) is 12.0. The monoisotopic (exact) mass is 450 g/mol. The van der Waals surface area contributed by atoms with Crippen LogP contribution < -0.4 is 10.6 Å². The average Bonchev–Trinajstić information content (AvgIpc) is 2.74. The molecular formula is C27H50N2O3. The molecule has 0 saturated heterocycles. The lowest BCUT2D eigenvalue weighted by atomic mass is 9.73. The highest BCUT2D eigenvalue weighted by molar-refractivity contribution is 5.74. The van der Waals surface area contributed by atoms with Gasteiger partial charge in [-0.2, -0.15) is 0 Å². The van der Waals surface area contributed by atoms with Crippen molar-refractivity contribution in [1.29, 1.82) is 0 Å². The summed E-state index contributed by atoms with van der Waals surface area (Å²) in [5.41, 5.74) is 1.14. The normalized spacial score (nSPS) is 20.7. The Balaban J connectivity index is 1.95. The van der Waals surface area contributed by atoms with E-state index in [0.717, 1.165) is 70.8 Å². The molecule has 1 aliphatic rings. The van der Waals surface area contributed by atoms with Crippen molar-refractivity contribution in [3.05, 3.63) is 12.2 Å². The number of nitrogens with one attached hydrogen (secondary N) is 2. The van der Waals surface area contributed by atoms with Crippen LogP contribution >= 0.6 is 0 Å². The van der Waals surface area contributed by atoms with Crippen LogP contribution in [0.25, 0.3) is 0 Å². The molecule has 1 saturated carbocycles. The van der Waals surface area contributed by atoms with Gasteiger partial charge in [0.05, 0.1) is 6.61 Å². The molecule has 0 heterocycles. The van der Waals surface area contributed by atoms with Gasteiger partial charge in [0, 0.05) is 18.5 Å². The van der Waals surface area contributed by atoms with Crippen molar-refractivity contribution < 1.29 is 14.3 Å². The Morgan fingerprint density at radius 3 is 2.22 bits per heavy atom. The van der Waals surface area contributed by atoms with Crippen molar-refractivity contribution in [2.24, 2.45) is 5.92 Å². The van der Waals surface area contributed by atoms with E-state index < -0.39 is 0 Å². The van der Waals surface area contributed by atoms with Crippen molar-refractivity contribution in [2.75, 3.05) is 13.2 Å². The van der Waals surface area contributed by atoms with E-state index in [1.54, 1.807) is 0 Å². The lowest BCUT2D eigenvalue weighted by Crippen LogP contribution is -2.54. The molecule has 1 rings (SSSR count). The summed E-state index contributed by atoms with van der Waals surface area (Å²) in [6, 6.07) is -0.0250. The van der Waals surface area contributed by atoms with Crippen LogP contribution in [0.5, 0.6) is 0 Å². The summed E-state index contributed by atoms with van der Waals surface area (Å²) in [4.78, 5) is 23.9. The molecule has 0 spiro atoms. The van der Waals surface area contributed by atoms with Gasteiger partial charge in [0.25, 0.3) is 0 Å². The first-order chi connectivity index (χ1) is 15.4. The fourth-order valence-corrected chi connectivity index (χ4v) is 4.83. The van der Waals surface area contributed by atoms with Crippen LogP contribution in [0.4, 0.5) is 4.79 Å². The minimum atomic E-state index is -0.117. The highest BCUT2D eigenvalue weighted by Gasteiger charge is 2.36. The van der Waals surface area contributed by atoms with Crippen molar-refractivity contribution in [3.8, 4) is 0 Å². The first kappa shape index (κ1) is 28.5. The highest BCUT2D eigenvalue weighted by Crippen LogP contribution is 2.37. The van der Waals surface area contributed by atoms with Gasteiger partial charge in [-0.25, -0.2) is 4.79 Å². The Labute approximate surface area is 197 Å². The topological polar surface area (TPSA) is 67.4 Å².